The molecule has 0 heterocycles. The fraction of sp³-hybridized carbons (Fsp3) is 0.455. The molecule has 0 N–H and O–H groups in total. The van der Waals surface area contributed by atoms with Gasteiger partial charge in [-0.05, 0) is 79.0 Å². The summed E-state index contributed by atoms with van der Waals surface area (Å²) in [6.45, 7) is 7.19. The Morgan fingerprint density at radius 2 is 1.53 bits per heavy atom. The number of unbranched alkanes of at least 4 members (excludes halogenated alkanes) is 2. The predicted octanol–water partition coefficient (Wildman–Crippen LogP) is 9.44. The van der Waals surface area contributed by atoms with Crippen molar-refractivity contribution in [3.05, 3.63) is 95.6 Å². The van der Waals surface area contributed by atoms with Gasteiger partial charge in [-0.25, -0.2) is 0 Å². The van der Waals surface area contributed by atoms with Gasteiger partial charge in [-0.2, -0.15) is 0 Å². The van der Waals surface area contributed by atoms with Crippen molar-refractivity contribution in [3.8, 4) is 0 Å². The highest BCUT2D eigenvalue weighted by molar-refractivity contribution is 5.55. The number of allylic oxidation sites excluding steroid dienone is 2. The van der Waals surface area contributed by atoms with Crippen molar-refractivity contribution in [2.45, 2.75) is 77.7 Å². The van der Waals surface area contributed by atoms with Crippen LogP contribution in [0.15, 0.2) is 73.3 Å². The molecule has 1 aliphatic rings. The Balaban J connectivity index is 1.29. The Kier molecular flexibility index (Phi) is 12.0. The summed E-state index contributed by atoms with van der Waals surface area (Å²) in [4.78, 5) is 0. The van der Waals surface area contributed by atoms with Crippen LogP contribution < -0.4 is 0 Å². The molecule has 0 spiro atoms. The van der Waals surface area contributed by atoms with Crippen molar-refractivity contribution in [1.29, 1.82) is 0 Å². The average Bonchev–Trinajstić information content (AvgIpc) is 2.88. The molecular weight excluding hydrogens is 412 g/mol. The molecule has 0 radical (unpaired) electrons. The summed E-state index contributed by atoms with van der Waals surface area (Å²) < 4.78 is 5.51. The Morgan fingerprint density at radius 3 is 2.21 bits per heavy atom. The van der Waals surface area contributed by atoms with Gasteiger partial charge in [-0.15, -0.1) is 6.58 Å². The Hall–Kier alpha value is -2.38. The van der Waals surface area contributed by atoms with Crippen molar-refractivity contribution in [3.63, 3.8) is 0 Å². The lowest BCUT2D eigenvalue weighted by atomic mass is 9.79. The molecule has 1 saturated carbocycles. The molecule has 1 nitrogen and oxygen atoms in total. The van der Waals surface area contributed by atoms with Gasteiger partial charge >= 0.3 is 0 Å². The molecule has 2 aromatic rings. The van der Waals surface area contributed by atoms with E-state index in [1.54, 1.807) is 6.08 Å². The van der Waals surface area contributed by atoms with E-state index in [1.807, 2.05) is 0 Å². The van der Waals surface area contributed by atoms with Gasteiger partial charge in [-0.3, -0.25) is 0 Å². The van der Waals surface area contributed by atoms with Crippen LogP contribution >= 0.6 is 0 Å². The zero-order chi connectivity index (χ0) is 23.8. The average molecular weight is 457 g/mol. The summed E-state index contributed by atoms with van der Waals surface area (Å²) in [6, 6.07) is 17.9. The van der Waals surface area contributed by atoms with Crippen molar-refractivity contribution in [1.82, 2.24) is 0 Å². The lowest BCUT2D eigenvalue weighted by Crippen LogP contribution is -2.13. The molecule has 0 aliphatic heterocycles. The van der Waals surface area contributed by atoms with E-state index in [1.165, 1.54) is 80.0 Å². The second-order valence-electron chi connectivity index (χ2n) is 9.86. The summed E-state index contributed by atoms with van der Waals surface area (Å²) in [5, 5.41) is 0. The predicted molar refractivity (Wildman–Crippen MR) is 149 cm³/mol. The number of rotatable bonds is 14. The van der Waals surface area contributed by atoms with Crippen molar-refractivity contribution in [2.75, 3.05) is 6.61 Å². The summed E-state index contributed by atoms with van der Waals surface area (Å²) in [5.74, 6) is 1.69. The zero-order valence-corrected chi connectivity index (χ0v) is 21.3. The smallest absolute Gasteiger partial charge is 0.0721 e. The third-order valence-electron chi connectivity index (χ3n) is 7.01. The number of benzene rings is 2. The molecule has 1 aliphatic carbocycles. The van der Waals surface area contributed by atoms with Crippen LogP contribution in [0.5, 0.6) is 0 Å². The molecule has 0 bridgehead atoms. The van der Waals surface area contributed by atoms with E-state index in [0.717, 1.165) is 18.3 Å². The highest BCUT2D eigenvalue weighted by Gasteiger charge is 2.19. The molecule has 3 rings (SSSR count). The quantitative estimate of drug-likeness (QED) is 0.203. The van der Waals surface area contributed by atoms with Crippen molar-refractivity contribution < 1.29 is 4.74 Å². The molecule has 1 heteroatoms. The largest absolute Gasteiger partial charge is 0.373 e. The lowest BCUT2D eigenvalue weighted by Gasteiger charge is -2.26. The summed E-state index contributed by atoms with van der Waals surface area (Å²) in [5.41, 5.74) is 5.32. The van der Waals surface area contributed by atoms with E-state index < -0.39 is 0 Å². The van der Waals surface area contributed by atoms with E-state index >= 15 is 0 Å². The van der Waals surface area contributed by atoms with Gasteiger partial charge in [0.05, 0.1) is 13.2 Å². The fourth-order valence-corrected chi connectivity index (χ4v) is 4.85. The summed E-state index contributed by atoms with van der Waals surface area (Å²) in [7, 11) is 0. The first-order chi connectivity index (χ1) is 16.8. The highest BCUT2D eigenvalue weighted by atomic mass is 16.5. The normalized spacial score (nSPS) is 18.6. The van der Waals surface area contributed by atoms with Gasteiger partial charge in [0.25, 0.3) is 0 Å². The van der Waals surface area contributed by atoms with E-state index in [4.69, 9.17) is 4.74 Å². The van der Waals surface area contributed by atoms with Crippen molar-refractivity contribution >= 4 is 12.2 Å². The Labute approximate surface area is 208 Å². The molecule has 0 amide bonds. The van der Waals surface area contributed by atoms with Crippen LogP contribution in [-0.4, -0.2) is 6.61 Å². The van der Waals surface area contributed by atoms with Crippen LogP contribution in [0.3, 0.4) is 0 Å². The van der Waals surface area contributed by atoms with E-state index in [0.29, 0.717) is 13.2 Å². The topological polar surface area (TPSA) is 9.23 Å². The Morgan fingerprint density at radius 1 is 0.853 bits per heavy atom. The zero-order valence-electron chi connectivity index (χ0n) is 21.3. The minimum absolute atomic E-state index is 0.616. The maximum absolute atomic E-state index is 5.51. The summed E-state index contributed by atoms with van der Waals surface area (Å²) in [6.07, 6.45) is 24.2. The number of hydrogen-bond donors (Lipinski definition) is 0. The molecule has 34 heavy (non-hydrogen) atoms. The first-order valence-electron chi connectivity index (χ1n) is 13.5. The maximum atomic E-state index is 5.51. The molecule has 1 fully saturated rings. The van der Waals surface area contributed by atoms with Gasteiger partial charge < -0.3 is 4.74 Å². The van der Waals surface area contributed by atoms with Crippen molar-refractivity contribution in [2.24, 2.45) is 11.8 Å². The molecule has 0 saturated heterocycles. The maximum Gasteiger partial charge on any atom is 0.0721 e. The lowest BCUT2D eigenvalue weighted by molar-refractivity contribution is 0.149. The van der Waals surface area contributed by atoms with Gasteiger partial charge in [0.2, 0.25) is 0 Å². The SMILES string of the molecule is C=CCOCc1ccc(CCCCC2CCC(C=Cc3ccc(/C=C/CCC)cc3)CC2)cc1. The minimum atomic E-state index is 0.616. The monoisotopic (exact) mass is 456 g/mol. The third kappa shape index (κ3) is 9.85. The second kappa shape index (κ2) is 15.5. The number of aryl methyl sites for hydroxylation is 1. The molecular formula is C33H44O. The first-order valence-corrected chi connectivity index (χ1v) is 13.5. The molecule has 2 aromatic carbocycles. The molecule has 0 atom stereocenters. The van der Waals surface area contributed by atoms with Gasteiger partial charge in [0.1, 0.15) is 0 Å². The van der Waals surface area contributed by atoms with Gasteiger partial charge in [0.15, 0.2) is 0 Å². The molecule has 0 aromatic heterocycles. The van der Waals surface area contributed by atoms with Crippen LogP contribution in [0.2, 0.25) is 0 Å². The van der Waals surface area contributed by atoms with Crippen LogP contribution in [0.25, 0.3) is 12.2 Å². The second-order valence-corrected chi connectivity index (χ2v) is 9.86. The van der Waals surface area contributed by atoms with Gasteiger partial charge in [0, 0.05) is 0 Å². The molecule has 0 unspecified atom stereocenters. The van der Waals surface area contributed by atoms with Crippen LogP contribution in [0, 0.1) is 11.8 Å². The molecule has 182 valence electrons. The number of ether oxygens (including phenoxy) is 1. The highest BCUT2D eigenvalue weighted by Crippen LogP contribution is 2.33. The number of hydrogen-bond acceptors (Lipinski definition) is 1. The van der Waals surface area contributed by atoms with Crippen LogP contribution in [-0.2, 0) is 17.8 Å². The minimum Gasteiger partial charge on any atom is -0.373 e. The van der Waals surface area contributed by atoms with Crippen LogP contribution in [0.1, 0.15) is 87.0 Å². The first kappa shape index (κ1) is 26.2. The Bertz CT molecular complexity index is 864. The van der Waals surface area contributed by atoms with Crippen LogP contribution in [0.4, 0.5) is 0 Å². The van der Waals surface area contributed by atoms with E-state index in [9.17, 15) is 0 Å². The van der Waals surface area contributed by atoms with E-state index in [-0.39, 0.29) is 0 Å². The standard InChI is InChI=1S/C33H44O/c1-3-5-6-9-28-12-16-31(17-13-28)20-21-32-18-14-29(15-19-32)10-7-8-11-30-22-24-33(25-23-30)27-34-26-4-2/h4,6,9,12-13,16-17,20-25,29,32H,2-3,5,7-8,10-11,14-15,18-19,26-27H2,1H3/b9-6+,21-20?. The van der Waals surface area contributed by atoms with Gasteiger partial charge in [-0.1, -0.05) is 105 Å². The summed E-state index contributed by atoms with van der Waals surface area (Å²) >= 11 is 0. The third-order valence-corrected chi connectivity index (χ3v) is 7.01. The fourth-order valence-electron chi connectivity index (χ4n) is 4.85. The van der Waals surface area contributed by atoms with E-state index in [2.05, 4.69) is 86.3 Å².